The number of hydrogen-bond donors (Lipinski definition) is 1. The van der Waals surface area contributed by atoms with Crippen LogP contribution in [-0.4, -0.2) is 18.8 Å². The molecule has 15 heavy (non-hydrogen) atoms. The Kier molecular flexibility index (Phi) is 4.92. The number of nitrogens with one attached hydrogen (secondary N) is 1. The van der Waals surface area contributed by atoms with Gasteiger partial charge in [-0.15, -0.1) is 11.8 Å². The number of likely N-dealkylation sites (N-methyl/N-ethyl adjacent to an activating group) is 1. The molecule has 1 unspecified atom stereocenters. The van der Waals surface area contributed by atoms with E-state index in [0.29, 0.717) is 6.04 Å². The zero-order valence-corrected chi connectivity index (χ0v) is 10.5. The van der Waals surface area contributed by atoms with Crippen molar-refractivity contribution in [2.24, 2.45) is 0 Å². The van der Waals surface area contributed by atoms with Crippen LogP contribution < -0.4 is 5.32 Å². The number of thioether (sulfide) groups is 1. The summed E-state index contributed by atoms with van der Waals surface area (Å²) < 4.78 is 0. The van der Waals surface area contributed by atoms with Crippen LogP contribution in [0.3, 0.4) is 0 Å². The number of aryl methyl sites for hydroxylation is 1. The second-order valence-electron chi connectivity index (χ2n) is 3.76. The molecule has 1 atom stereocenters. The van der Waals surface area contributed by atoms with Gasteiger partial charge in [0.25, 0.3) is 0 Å². The predicted molar refractivity (Wildman–Crippen MR) is 69.6 cm³/mol. The predicted octanol–water partition coefficient (Wildman–Crippen LogP) is 3.25. The summed E-state index contributed by atoms with van der Waals surface area (Å²) in [5.41, 5.74) is 2.54. The fourth-order valence-electron chi connectivity index (χ4n) is 1.36. The van der Waals surface area contributed by atoms with Crippen molar-refractivity contribution in [3.05, 3.63) is 42.0 Å². The van der Waals surface area contributed by atoms with E-state index in [1.165, 1.54) is 16.0 Å². The Morgan fingerprint density at radius 3 is 2.67 bits per heavy atom. The summed E-state index contributed by atoms with van der Waals surface area (Å²) in [5.74, 6) is 1.04. The average Bonchev–Trinajstić information content (AvgIpc) is 2.21. The first-order valence-electron chi connectivity index (χ1n) is 5.16. The van der Waals surface area contributed by atoms with Crippen molar-refractivity contribution in [2.45, 2.75) is 24.8 Å². The molecular formula is C13H19NS. The summed E-state index contributed by atoms with van der Waals surface area (Å²) in [6.45, 7) is 8.20. The second-order valence-corrected chi connectivity index (χ2v) is 4.83. The summed E-state index contributed by atoms with van der Waals surface area (Å²) in [6.07, 6.45) is 0. The van der Waals surface area contributed by atoms with Crippen molar-refractivity contribution in [3.8, 4) is 0 Å². The molecule has 0 aromatic heterocycles. The Labute approximate surface area is 97.0 Å². The lowest BCUT2D eigenvalue weighted by Gasteiger charge is -2.16. The van der Waals surface area contributed by atoms with Crippen molar-refractivity contribution in [3.63, 3.8) is 0 Å². The van der Waals surface area contributed by atoms with Crippen LogP contribution >= 0.6 is 11.8 Å². The second kappa shape index (κ2) is 5.99. The third-order valence-electron chi connectivity index (χ3n) is 2.44. The van der Waals surface area contributed by atoms with Gasteiger partial charge in [-0.3, -0.25) is 0 Å². The average molecular weight is 221 g/mol. The molecule has 1 rings (SSSR count). The Hall–Kier alpha value is -0.730. The molecule has 1 aromatic carbocycles. The fraction of sp³-hybridized carbons (Fsp3) is 0.385. The maximum atomic E-state index is 3.99. The zero-order chi connectivity index (χ0) is 11.3. The summed E-state index contributed by atoms with van der Waals surface area (Å²) in [6, 6.07) is 8.88. The number of hydrogen-bond acceptors (Lipinski definition) is 2. The fourth-order valence-corrected chi connectivity index (χ4v) is 2.63. The lowest BCUT2D eigenvalue weighted by molar-refractivity contribution is 0.703. The van der Waals surface area contributed by atoms with Crippen molar-refractivity contribution >= 4 is 11.8 Å². The Balaban J connectivity index is 2.56. The van der Waals surface area contributed by atoms with Crippen LogP contribution in [0, 0.1) is 6.92 Å². The highest BCUT2D eigenvalue weighted by Crippen LogP contribution is 2.23. The molecule has 1 nitrogen and oxygen atoms in total. The van der Waals surface area contributed by atoms with Crippen LogP contribution in [0.25, 0.3) is 0 Å². The molecule has 0 fully saturated rings. The molecule has 82 valence electrons. The SMILES string of the molecule is C=C(C)C(CSc1ccccc1C)NC. The molecule has 1 aromatic rings. The molecule has 2 heteroatoms. The van der Waals surface area contributed by atoms with Crippen LogP contribution in [-0.2, 0) is 0 Å². The monoisotopic (exact) mass is 221 g/mol. The van der Waals surface area contributed by atoms with E-state index in [-0.39, 0.29) is 0 Å². The molecule has 0 aliphatic rings. The molecule has 0 spiro atoms. The van der Waals surface area contributed by atoms with Crippen LogP contribution in [0.1, 0.15) is 12.5 Å². The van der Waals surface area contributed by atoms with Gasteiger partial charge < -0.3 is 5.32 Å². The molecule has 0 amide bonds. The first-order chi connectivity index (χ1) is 7.15. The van der Waals surface area contributed by atoms with Gasteiger partial charge in [-0.25, -0.2) is 0 Å². The van der Waals surface area contributed by atoms with Gasteiger partial charge in [0.15, 0.2) is 0 Å². The standard InChI is InChI=1S/C13H19NS/c1-10(2)12(14-4)9-15-13-8-6-5-7-11(13)3/h5-8,12,14H,1,9H2,2-4H3. The van der Waals surface area contributed by atoms with Crippen molar-refractivity contribution in [2.75, 3.05) is 12.8 Å². The third-order valence-corrected chi connectivity index (χ3v) is 3.71. The topological polar surface area (TPSA) is 12.0 Å². The van der Waals surface area contributed by atoms with Crippen molar-refractivity contribution < 1.29 is 0 Å². The van der Waals surface area contributed by atoms with Crippen LogP contribution in [0.2, 0.25) is 0 Å². The Morgan fingerprint density at radius 2 is 2.13 bits per heavy atom. The highest BCUT2D eigenvalue weighted by atomic mass is 32.2. The lowest BCUT2D eigenvalue weighted by Crippen LogP contribution is -2.28. The van der Waals surface area contributed by atoms with Crippen LogP contribution in [0.5, 0.6) is 0 Å². The smallest absolute Gasteiger partial charge is 0.0366 e. The highest BCUT2D eigenvalue weighted by Gasteiger charge is 2.07. The van der Waals surface area contributed by atoms with Gasteiger partial charge in [0.05, 0.1) is 0 Å². The largest absolute Gasteiger partial charge is 0.313 e. The number of rotatable bonds is 5. The first kappa shape index (κ1) is 12.3. The maximum absolute atomic E-state index is 3.99. The zero-order valence-electron chi connectivity index (χ0n) is 9.71. The van der Waals surface area contributed by atoms with Gasteiger partial charge in [-0.1, -0.05) is 30.4 Å². The molecule has 0 aliphatic heterocycles. The molecule has 0 aliphatic carbocycles. The molecule has 0 radical (unpaired) electrons. The summed E-state index contributed by atoms with van der Waals surface area (Å²) in [4.78, 5) is 1.36. The number of benzene rings is 1. The van der Waals surface area contributed by atoms with Gasteiger partial charge in [0.1, 0.15) is 0 Å². The van der Waals surface area contributed by atoms with Gasteiger partial charge in [0.2, 0.25) is 0 Å². The van der Waals surface area contributed by atoms with Gasteiger partial charge in [-0.2, -0.15) is 0 Å². The van der Waals surface area contributed by atoms with E-state index >= 15 is 0 Å². The van der Waals surface area contributed by atoms with Crippen molar-refractivity contribution in [1.29, 1.82) is 0 Å². The molecule has 0 bridgehead atoms. The van der Waals surface area contributed by atoms with Crippen LogP contribution in [0.4, 0.5) is 0 Å². The quantitative estimate of drug-likeness (QED) is 0.605. The van der Waals surface area contributed by atoms with Gasteiger partial charge in [0, 0.05) is 16.7 Å². The minimum absolute atomic E-state index is 0.398. The van der Waals surface area contributed by atoms with Crippen LogP contribution in [0.15, 0.2) is 41.3 Å². The van der Waals surface area contributed by atoms with E-state index in [1.54, 1.807) is 0 Å². The summed E-state index contributed by atoms with van der Waals surface area (Å²) in [5, 5.41) is 3.27. The summed E-state index contributed by atoms with van der Waals surface area (Å²) in [7, 11) is 1.98. The van der Waals surface area contributed by atoms with E-state index in [0.717, 1.165) is 5.75 Å². The minimum atomic E-state index is 0.398. The van der Waals surface area contributed by atoms with Gasteiger partial charge >= 0.3 is 0 Å². The molecule has 1 N–H and O–H groups in total. The van der Waals surface area contributed by atoms with E-state index in [2.05, 4.69) is 50.0 Å². The lowest BCUT2D eigenvalue weighted by atomic mass is 10.2. The first-order valence-corrected chi connectivity index (χ1v) is 6.14. The summed E-state index contributed by atoms with van der Waals surface area (Å²) >= 11 is 1.88. The molecule has 0 saturated carbocycles. The van der Waals surface area contributed by atoms with E-state index in [4.69, 9.17) is 0 Å². The van der Waals surface area contributed by atoms with E-state index in [9.17, 15) is 0 Å². The Morgan fingerprint density at radius 1 is 1.47 bits per heavy atom. The maximum Gasteiger partial charge on any atom is 0.0366 e. The minimum Gasteiger partial charge on any atom is -0.313 e. The highest BCUT2D eigenvalue weighted by molar-refractivity contribution is 7.99. The van der Waals surface area contributed by atoms with E-state index in [1.807, 2.05) is 18.8 Å². The Bertz CT molecular complexity index is 333. The van der Waals surface area contributed by atoms with E-state index < -0.39 is 0 Å². The molecule has 0 saturated heterocycles. The molecular weight excluding hydrogens is 202 g/mol. The van der Waals surface area contributed by atoms with Crippen molar-refractivity contribution in [1.82, 2.24) is 5.32 Å². The molecule has 0 heterocycles. The van der Waals surface area contributed by atoms with Gasteiger partial charge in [-0.05, 0) is 32.5 Å². The normalized spacial score (nSPS) is 12.5. The third kappa shape index (κ3) is 3.73.